The lowest BCUT2D eigenvalue weighted by Gasteiger charge is -2.24. The maximum absolute atomic E-state index is 13.1. The number of carbonyl (C=O) groups excluding carboxylic acids is 1. The Labute approximate surface area is 169 Å². The number of nitrogens with zero attached hydrogens (tertiary/aromatic N) is 2. The molecule has 1 aliphatic heterocycles. The first-order chi connectivity index (χ1) is 14.0. The third-order valence-electron chi connectivity index (χ3n) is 4.76. The number of primary amides is 1. The van der Waals surface area contributed by atoms with Crippen molar-refractivity contribution in [3.05, 3.63) is 96.9 Å². The topological polar surface area (TPSA) is 115 Å². The highest BCUT2D eigenvalue weighted by Gasteiger charge is 2.34. The molecule has 1 atom stereocenters. The van der Waals surface area contributed by atoms with Crippen LogP contribution in [0.3, 0.4) is 0 Å². The summed E-state index contributed by atoms with van der Waals surface area (Å²) in [6.45, 7) is 0. The van der Waals surface area contributed by atoms with Crippen LogP contribution in [0.1, 0.15) is 17.0 Å². The molecule has 1 aliphatic rings. The van der Waals surface area contributed by atoms with Crippen LogP contribution in [0.5, 0.6) is 0 Å². The minimum atomic E-state index is -0.721. The molecule has 0 fully saturated rings. The quantitative estimate of drug-likeness (QED) is 0.677. The SMILES string of the molecule is N#CC1=C(N)n2c(s/c(=C/c3ccccc3)c2=O)=C(C(N)=O)C1c1ccccc1. The molecule has 3 aromatic rings. The first kappa shape index (κ1) is 18.5. The van der Waals surface area contributed by atoms with Gasteiger partial charge in [-0.3, -0.25) is 14.2 Å². The molecule has 7 heteroatoms. The molecule has 1 unspecified atom stereocenters. The van der Waals surface area contributed by atoms with E-state index in [1.165, 1.54) is 4.57 Å². The number of nitriles is 1. The Bertz CT molecular complexity index is 1360. The van der Waals surface area contributed by atoms with Crippen LogP contribution in [0, 0.1) is 11.3 Å². The van der Waals surface area contributed by atoms with E-state index in [0.29, 0.717) is 14.8 Å². The van der Waals surface area contributed by atoms with Crippen molar-refractivity contribution in [1.29, 1.82) is 5.26 Å². The minimum Gasteiger partial charge on any atom is -0.384 e. The van der Waals surface area contributed by atoms with E-state index in [0.717, 1.165) is 16.9 Å². The monoisotopic (exact) mass is 400 g/mol. The molecule has 1 amide bonds. The van der Waals surface area contributed by atoms with Gasteiger partial charge in [0.1, 0.15) is 10.5 Å². The molecule has 0 spiro atoms. The normalized spacial score (nSPS) is 16.4. The number of thiazole rings is 1. The summed E-state index contributed by atoms with van der Waals surface area (Å²) in [5.74, 6) is -1.39. The Kier molecular flexibility index (Phi) is 4.63. The molecule has 6 nitrogen and oxygen atoms in total. The van der Waals surface area contributed by atoms with E-state index in [9.17, 15) is 14.9 Å². The standard InChI is InChI=1S/C22H16N4O2S/c23-12-15-17(14-9-5-2-6-10-14)18(20(25)27)22-26(19(15)24)21(28)16(29-22)11-13-7-3-1-4-8-13/h1-11,17H,24H2,(H2,25,27)/b16-11+. The van der Waals surface area contributed by atoms with Crippen LogP contribution < -0.4 is 26.2 Å². The number of hydrogen-bond donors (Lipinski definition) is 2. The van der Waals surface area contributed by atoms with Crippen molar-refractivity contribution < 1.29 is 4.79 Å². The van der Waals surface area contributed by atoms with Gasteiger partial charge in [0.25, 0.3) is 5.56 Å². The highest BCUT2D eigenvalue weighted by atomic mass is 32.1. The van der Waals surface area contributed by atoms with Gasteiger partial charge in [0.2, 0.25) is 5.91 Å². The van der Waals surface area contributed by atoms with Gasteiger partial charge in [-0.05, 0) is 17.2 Å². The maximum Gasteiger partial charge on any atom is 0.274 e. The van der Waals surface area contributed by atoms with E-state index < -0.39 is 11.8 Å². The zero-order chi connectivity index (χ0) is 20.5. The molecule has 29 heavy (non-hydrogen) atoms. The highest BCUT2D eigenvalue weighted by molar-refractivity contribution is 7.07. The number of benzene rings is 2. The zero-order valence-corrected chi connectivity index (χ0v) is 16.0. The van der Waals surface area contributed by atoms with Crippen LogP contribution in [0.25, 0.3) is 17.5 Å². The van der Waals surface area contributed by atoms with Gasteiger partial charge < -0.3 is 11.5 Å². The molecule has 0 bridgehead atoms. The first-order valence-electron chi connectivity index (χ1n) is 8.80. The summed E-state index contributed by atoms with van der Waals surface area (Å²) < 4.78 is 1.98. The van der Waals surface area contributed by atoms with Crippen molar-refractivity contribution in [3.63, 3.8) is 0 Å². The van der Waals surface area contributed by atoms with Gasteiger partial charge in [-0.1, -0.05) is 60.7 Å². The second-order valence-electron chi connectivity index (χ2n) is 6.50. The van der Waals surface area contributed by atoms with Crippen molar-refractivity contribution in [2.24, 2.45) is 11.5 Å². The fraction of sp³-hybridized carbons (Fsp3) is 0.0455. The average molecular weight is 400 g/mol. The molecule has 0 saturated carbocycles. The second kappa shape index (κ2) is 7.26. The summed E-state index contributed by atoms with van der Waals surface area (Å²) in [6.07, 6.45) is 1.73. The van der Waals surface area contributed by atoms with Gasteiger partial charge in [0.15, 0.2) is 0 Å². The average Bonchev–Trinajstić information content (AvgIpc) is 3.05. The van der Waals surface area contributed by atoms with E-state index in [1.54, 1.807) is 18.2 Å². The largest absolute Gasteiger partial charge is 0.384 e. The second-order valence-corrected chi connectivity index (χ2v) is 7.53. The number of nitrogens with two attached hydrogens (primary N) is 2. The maximum atomic E-state index is 13.1. The van der Waals surface area contributed by atoms with E-state index in [1.807, 2.05) is 48.5 Å². The molecule has 2 aromatic carbocycles. The van der Waals surface area contributed by atoms with Crippen molar-refractivity contribution >= 4 is 34.7 Å². The van der Waals surface area contributed by atoms with E-state index >= 15 is 0 Å². The lowest BCUT2D eigenvalue weighted by atomic mass is 9.83. The Balaban J connectivity index is 2.11. The summed E-state index contributed by atoms with van der Waals surface area (Å²) in [5.41, 5.74) is 13.4. The minimum absolute atomic E-state index is 0.0234. The van der Waals surface area contributed by atoms with Crippen LogP contribution in [-0.4, -0.2) is 10.5 Å². The lowest BCUT2D eigenvalue weighted by molar-refractivity contribution is -0.113. The van der Waals surface area contributed by atoms with Crippen molar-refractivity contribution in [1.82, 2.24) is 4.57 Å². The molecule has 0 aliphatic carbocycles. The number of fused-ring (bicyclic) bond motifs is 1. The number of hydrogen-bond acceptors (Lipinski definition) is 5. The van der Waals surface area contributed by atoms with Crippen LogP contribution >= 0.6 is 11.3 Å². The number of carbonyl (C=O) groups is 1. The number of rotatable bonds is 3. The molecule has 0 saturated heterocycles. The van der Waals surface area contributed by atoms with Gasteiger partial charge >= 0.3 is 0 Å². The van der Waals surface area contributed by atoms with E-state index in [2.05, 4.69) is 6.07 Å². The van der Waals surface area contributed by atoms with Crippen molar-refractivity contribution in [2.45, 2.75) is 5.92 Å². The van der Waals surface area contributed by atoms with Crippen LogP contribution in [0.2, 0.25) is 0 Å². The third-order valence-corrected chi connectivity index (χ3v) is 5.87. The summed E-state index contributed by atoms with van der Waals surface area (Å²) in [7, 11) is 0. The lowest BCUT2D eigenvalue weighted by Crippen LogP contribution is -2.41. The van der Waals surface area contributed by atoms with Crippen LogP contribution in [0.15, 0.2) is 71.0 Å². The zero-order valence-electron chi connectivity index (χ0n) is 15.2. The van der Waals surface area contributed by atoms with Crippen LogP contribution in [0.4, 0.5) is 0 Å². The Morgan fingerprint density at radius 1 is 1.10 bits per heavy atom. The fourth-order valence-corrected chi connectivity index (χ4v) is 4.65. The van der Waals surface area contributed by atoms with Crippen LogP contribution in [-0.2, 0) is 4.79 Å². The molecular formula is C22H16N4O2S. The predicted molar refractivity (Wildman–Crippen MR) is 113 cm³/mol. The molecule has 2 heterocycles. The number of amides is 1. The van der Waals surface area contributed by atoms with Crippen molar-refractivity contribution in [3.8, 4) is 6.07 Å². The third kappa shape index (κ3) is 3.06. The first-order valence-corrected chi connectivity index (χ1v) is 9.62. The Morgan fingerprint density at radius 2 is 1.72 bits per heavy atom. The van der Waals surface area contributed by atoms with Gasteiger partial charge in [-0.25, -0.2) is 0 Å². The van der Waals surface area contributed by atoms with E-state index in [4.69, 9.17) is 11.5 Å². The Morgan fingerprint density at radius 3 is 2.31 bits per heavy atom. The Hall–Kier alpha value is -3.89. The van der Waals surface area contributed by atoms with Gasteiger partial charge in [-0.15, -0.1) is 11.3 Å². The number of allylic oxidation sites excluding steroid dienone is 1. The fourth-order valence-electron chi connectivity index (χ4n) is 3.47. The van der Waals surface area contributed by atoms with Gasteiger partial charge in [0.05, 0.1) is 27.7 Å². The molecule has 4 N–H and O–H groups in total. The predicted octanol–water partition coefficient (Wildman–Crippen LogP) is 0.823. The molecule has 4 rings (SSSR count). The summed E-state index contributed by atoms with van der Waals surface area (Å²) in [6, 6.07) is 20.5. The molecular weight excluding hydrogens is 384 g/mol. The summed E-state index contributed by atoms with van der Waals surface area (Å²) in [4.78, 5) is 25.5. The number of aromatic nitrogens is 1. The highest BCUT2D eigenvalue weighted by Crippen LogP contribution is 2.35. The molecule has 0 radical (unpaired) electrons. The van der Waals surface area contributed by atoms with Crippen molar-refractivity contribution in [2.75, 3.05) is 0 Å². The molecule has 1 aromatic heterocycles. The van der Waals surface area contributed by atoms with Gasteiger partial charge in [-0.2, -0.15) is 5.26 Å². The molecule has 142 valence electrons. The van der Waals surface area contributed by atoms with E-state index in [-0.39, 0.29) is 22.5 Å². The van der Waals surface area contributed by atoms with Gasteiger partial charge in [0, 0.05) is 0 Å². The summed E-state index contributed by atoms with van der Waals surface area (Å²) in [5, 5.41) is 9.78. The summed E-state index contributed by atoms with van der Waals surface area (Å²) >= 11 is 1.14. The smallest absolute Gasteiger partial charge is 0.274 e.